The molecule has 1 aromatic heterocycles. The monoisotopic (exact) mass is 709 g/mol. The van der Waals surface area contributed by atoms with Gasteiger partial charge < -0.3 is 23.8 Å². The molecule has 2 aliphatic heterocycles. The maximum absolute atomic E-state index is 12.9. The van der Waals surface area contributed by atoms with Crippen molar-refractivity contribution in [2.75, 3.05) is 44.1 Å². The molecule has 49 heavy (non-hydrogen) atoms. The first kappa shape index (κ1) is 34.2. The highest BCUT2D eigenvalue weighted by Gasteiger charge is 2.45. The molecule has 2 aliphatic carbocycles. The van der Waals surface area contributed by atoms with Crippen molar-refractivity contribution in [2.24, 2.45) is 11.8 Å². The Bertz CT molecular complexity index is 1780. The lowest BCUT2D eigenvalue weighted by molar-refractivity contribution is -0.126. The van der Waals surface area contributed by atoms with E-state index in [0.29, 0.717) is 30.6 Å². The number of sulfone groups is 1. The van der Waals surface area contributed by atoms with E-state index in [1.165, 1.54) is 30.6 Å². The van der Waals surface area contributed by atoms with Crippen LogP contribution in [0, 0.1) is 11.8 Å². The lowest BCUT2D eigenvalue weighted by Crippen LogP contribution is -2.51. The zero-order valence-electron chi connectivity index (χ0n) is 28.1. The Morgan fingerprint density at radius 1 is 1.14 bits per heavy atom. The summed E-state index contributed by atoms with van der Waals surface area (Å²) in [6.45, 7) is 4.48. The molecule has 0 unspecified atom stereocenters. The third-order valence-corrected chi connectivity index (χ3v) is 12.7. The van der Waals surface area contributed by atoms with Crippen LogP contribution in [0.4, 0.5) is 5.69 Å². The van der Waals surface area contributed by atoms with E-state index in [-0.39, 0.29) is 34.5 Å². The summed E-state index contributed by atoms with van der Waals surface area (Å²) in [5.41, 5.74) is 3.77. The van der Waals surface area contributed by atoms with Gasteiger partial charge in [0.1, 0.15) is 5.75 Å². The number of methoxy groups -OCH3 is 1. The maximum Gasteiger partial charge on any atom is 0.337 e. The summed E-state index contributed by atoms with van der Waals surface area (Å²) in [4.78, 5) is 22.9. The van der Waals surface area contributed by atoms with Gasteiger partial charge in [-0.25, -0.2) is 23.2 Å². The number of carbonyl (C=O) groups excluding carboxylic acids is 1. The highest BCUT2D eigenvalue weighted by atomic mass is 35.5. The van der Waals surface area contributed by atoms with Crippen LogP contribution in [-0.4, -0.2) is 81.8 Å². The molecule has 10 nitrogen and oxygen atoms in total. The Kier molecular flexibility index (Phi) is 9.89. The summed E-state index contributed by atoms with van der Waals surface area (Å²) in [5.74, 6) is 0.934. The topological polar surface area (TPSA) is 117 Å². The number of ether oxygens (including phenoxy) is 4. The molecule has 2 fully saturated rings. The average molecular weight is 710 g/mol. The fraction of sp³-hybridized carbons (Fsp3) is 0.541. The summed E-state index contributed by atoms with van der Waals surface area (Å²) in [6, 6.07) is 13.4. The van der Waals surface area contributed by atoms with Crippen LogP contribution in [0.15, 0.2) is 60.0 Å². The second-order valence-electron chi connectivity index (χ2n) is 14.1. The van der Waals surface area contributed by atoms with Crippen molar-refractivity contribution in [1.82, 2.24) is 9.97 Å². The van der Waals surface area contributed by atoms with Crippen LogP contribution in [0.1, 0.15) is 66.9 Å². The zero-order valence-corrected chi connectivity index (χ0v) is 29.6. The highest BCUT2D eigenvalue weighted by molar-refractivity contribution is 7.91. The van der Waals surface area contributed by atoms with Gasteiger partial charge in [-0.15, -0.1) is 0 Å². The predicted octanol–water partition coefficient (Wildman–Crippen LogP) is 5.84. The molecule has 1 saturated carbocycles. The van der Waals surface area contributed by atoms with E-state index in [4.69, 9.17) is 30.5 Å². The van der Waals surface area contributed by atoms with Crippen LogP contribution >= 0.6 is 11.6 Å². The Labute approximate surface area is 293 Å². The molecule has 0 bridgehead atoms. The van der Waals surface area contributed by atoms with E-state index in [9.17, 15) is 13.2 Å². The fourth-order valence-electron chi connectivity index (χ4n) is 8.37. The van der Waals surface area contributed by atoms with Gasteiger partial charge in [-0.1, -0.05) is 17.7 Å². The SMILES string of the molecule is COC(=O)c1ccc2c(c1)N(C[C@@H]1CC[C@H]1[C@@H]1C[C@H](O[C@@H](C)CS(=O)(=O)c3ncccn3)CCO1)C[C@@]1(CCCc3cc(Cl)ccc31)CO2. The van der Waals surface area contributed by atoms with E-state index in [1.54, 1.807) is 19.1 Å². The van der Waals surface area contributed by atoms with Crippen molar-refractivity contribution in [3.05, 3.63) is 76.6 Å². The van der Waals surface area contributed by atoms with Crippen LogP contribution in [0.2, 0.25) is 5.02 Å². The van der Waals surface area contributed by atoms with Crippen molar-refractivity contribution in [1.29, 1.82) is 0 Å². The predicted molar refractivity (Wildman–Crippen MR) is 185 cm³/mol. The van der Waals surface area contributed by atoms with Crippen LogP contribution in [-0.2, 0) is 35.9 Å². The lowest BCUT2D eigenvalue weighted by Gasteiger charge is -2.48. The van der Waals surface area contributed by atoms with Gasteiger partial charge in [-0.05, 0) is 105 Å². The third-order valence-electron chi connectivity index (χ3n) is 10.8. The van der Waals surface area contributed by atoms with Crippen molar-refractivity contribution in [2.45, 2.75) is 80.8 Å². The first-order valence-corrected chi connectivity index (χ1v) is 19.3. The van der Waals surface area contributed by atoms with Gasteiger partial charge in [0.25, 0.3) is 0 Å². The minimum Gasteiger partial charge on any atom is -0.490 e. The number of rotatable bonds is 9. The molecule has 0 amide bonds. The Balaban J connectivity index is 1.08. The van der Waals surface area contributed by atoms with E-state index < -0.39 is 15.9 Å². The third kappa shape index (κ3) is 7.18. The quantitative estimate of drug-likeness (QED) is 0.198. The molecule has 4 aliphatic rings. The van der Waals surface area contributed by atoms with E-state index in [0.717, 1.165) is 74.5 Å². The van der Waals surface area contributed by atoms with Crippen LogP contribution in [0.5, 0.6) is 5.75 Å². The number of hydrogen-bond acceptors (Lipinski definition) is 10. The molecule has 262 valence electrons. The largest absolute Gasteiger partial charge is 0.490 e. The number of esters is 1. The van der Waals surface area contributed by atoms with Crippen molar-refractivity contribution in [3.63, 3.8) is 0 Å². The van der Waals surface area contributed by atoms with Crippen molar-refractivity contribution < 1.29 is 32.2 Å². The second kappa shape index (κ2) is 14.2. The highest BCUT2D eigenvalue weighted by Crippen LogP contribution is 2.47. The van der Waals surface area contributed by atoms with Gasteiger partial charge in [0.2, 0.25) is 15.0 Å². The van der Waals surface area contributed by atoms with Crippen molar-refractivity contribution >= 4 is 33.1 Å². The number of hydrogen-bond donors (Lipinski definition) is 0. The van der Waals surface area contributed by atoms with Gasteiger partial charge in [-0.2, -0.15) is 0 Å². The average Bonchev–Trinajstić information content (AvgIpc) is 3.23. The molecule has 2 aromatic carbocycles. The van der Waals surface area contributed by atoms with E-state index in [2.05, 4.69) is 27.0 Å². The number of aryl methyl sites for hydroxylation is 1. The van der Waals surface area contributed by atoms with Gasteiger partial charge in [-0.3, -0.25) is 0 Å². The number of fused-ring (bicyclic) bond motifs is 3. The molecule has 3 heterocycles. The lowest BCUT2D eigenvalue weighted by atomic mass is 9.67. The molecule has 1 saturated heterocycles. The molecule has 1 spiro atoms. The number of aromatic nitrogens is 2. The Morgan fingerprint density at radius 3 is 2.76 bits per heavy atom. The standard InChI is InChI=1S/C37H44ClN3O7S/c1-24(21-49(43,44)36-39-14-4-15-40-36)48-29-12-16-46-34(19-29)30-9-6-27(30)20-41-22-37(13-3-5-25-17-28(38)8-10-31(25)37)23-47-33-11-7-26(18-32(33)41)35(42)45-2/h4,7-8,10-11,14-15,17-18,24,27,29-30,34H,3,5-6,9,12-13,16,19-23H2,1-2H3/t24-,27-,29+,30+,34-,37-/m0/s1. The summed E-state index contributed by atoms with van der Waals surface area (Å²) in [7, 11) is -2.26. The normalized spacial score (nSPS) is 27.2. The summed E-state index contributed by atoms with van der Waals surface area (Å²) in [6.07, 6.45) is 8.91. The number of anilines is 1. The van der Waals surface area contributed by atoms with Crippen molar-refractivity contribution in [3.8, 4) is 5.75 Å². The fourth-order valence-corrected chi connectivity index (χ4v) is 9.85. The first-order valence-electron chi connectivity index (χ1n) is 17.3. The van der Waals surface area contributed by atoms with Gasteiger partial charge >= 0.3 is 5.97 Å². The molecule has 0 N–H and O–H groups in total. The maximum atomic E-state index is 12.9. The first-order chi connectivity index (χ1) is 23.6. The summed E-state index contributed by atoms with van der Waals surface area (Å²) in [5, 5.41) is 0.579. The molecular weight excluding hydrogens is 666 g/mol. The van der Waals surface area contributed by atoms with Crippen LogP contribution in [0.25, 0.3) is 0 Å². The summed E-state index contributed by atoms with van der Waals surface area (Å²) >= 11 is 6.44. The van der Waals surface area contributed by atoms with E-state index >= 15 is 0 Å². The Morgan fingerprint density at radius 2 is 1.98 bits per heavy atom. The number of halogens is 1. The molecule has 7 rings (SSSR count). The van der Waals surface area contributed by atoms with E-state index in [1.807, 2.05) is 18.2 Å². The number of nitrogens with zero attached hydrogens (tertiary/aromatic N) is 3. The molecule has 3 aromatic rings. The van der Waals surface area contributed by atoms with Crippen LogP contribution in [0.3, 0.4) is 0 Å². The van der Waals surface area contributed by atoms with Crippen LogP contribution < -0.4 is 9.64 Å². The number of benzene rings is 2. The minimum absolute atomic E-state index is 0.0226. The summed E-state index contributed by atoms with van der Waals surface area (Å²) < 4.78 is 50.1. The second-order valence-corrected chi connectivity index (χ2v) is 16.5. The smallest absolute Gasteiger partial charge is 0.337 e. The minimum atomic E-state index is -3.66. The zero-order chi connectivity index (χ0) is 34.2. The van der Waals surface area contributed by atoms with Gasteiger partial charge in [0.15, 0.2) is 0 Å². The molecule has 12 heteroatoms. The van der Waals surface area contributed by atoms with Gasteiger partial charge in [0, 0.05) is 48.9 Å². The molecule has 0 radical (unpaired) electrons. The Hall–Kier alpha value is -3.25. The number of carbonyl (C=O) groups is 1. The molecular formula is C37H44ClN3O7S. The van der Waals surface area contributed by atoms with Gasteiger partial charge in [0.05, 0.1) is 49.0 Å². The molecule has 6 atom stereocenters.